The Kier molecular flexibility index (Phi) is 19.9. The van der Waals surface area contributed by atoms with Crippen LogP contribution in [0.2, 0.25) is 20.1 Å². The van der Waals surface area contributed by atoms with Gasteiger partial charge in [-0.1, -0.05) is 127 Å². The van der Waals surface area contributed by atoms with Crippen molar-refractivity contribution in [3.63, 3.8) is 0 Å². The second-order valence-corrected chi connectivity index (χ2v) is 20.5. The molecule has 4 aromatic rings. The normalized spacial score (nSPS) is 25.4. The third-order valence-electron chi connectivity index (χ3n) is 14.5. The van der Waals surface area contributed by atoms with E-state index in [1.807, 2.05) is 12.1 Å². The molecule has 14 heteroatoms. The number of benzene rings is 4. The topological polar surface area (TPSA) is 89.0 Å². The highest BCUT2D eigenvalue weighted by Gasteiger charge is 2.48. The van der Waals surface area contributed by atoms with E-state index in [1.165, 1.54) is 69.3 Å². The molecule has 1 amide bonds. The molecule has 10 nitrogen and oxygen atoms in total. The summed E-state index contributed by atoms with van der Waals surface area (Å²) in [5, 5.41) is 10.3. The van der Waals surface area contributed by atoms with Gasteiger partial charge < -0.3 is 19.5 Å². The predicted molar refractivity (Wildman–Crippen MR) is 275 cm³/mol. The third-order valence-corrected chi connectivity index (χ3v) is 16.0. The highest BCUT2D eigenvalue weighted by molar-refractivity contribution is 6.42. The maximum absolute atomic E-state index is 13.6. The van der Waals surface area contributed by atoms with E-state index in [4.69, 9.17) is 61.0 Å². The fourth-order valence-corrected chi connectivity index (χ4v) is 11.9. The fourth-order valence-electron chi connectivity index (χ4n) is 11.2. The molecule has 6 aliphatic rings. The first-order chi connectivity index (χ1) is 32.6. The number of rotatable bonds is 10. The molecule has 0 radical (unpaired) electrons. The average molecular weight is 1010 g/mol. The van der Waals surface area contributed by atoms with E-state index in [9.17, 15) is 9.59 Å². The van der Waals surface area contributed by atoms with Gasteiger partial charge in [-0.15, -0.1) is 0 Å². The molecule has 0 spiro atoms. The maximum Gasteiger partial charge on any atom is 0.307 e. The van der Waals surface area contributed by atoms with Gasteiger partial charge in [0.15, 0.2) is 0 Å². The van der Waals surface area contributed by atoms with Crippen LogP contribution in [0.15, 0.2) is 97.1 Å². The summed E-state index contributed by atoms with van der Waals surface area (Å²) in [6, 6.07) is 33.6. The van der Waals surface area contributed by atoms with Gasteiger partial charge in [0.25, 0.3) is 0 Å². The summed E-state index contributed by atoms with van der Waals surface area (Å²) in [6.07, 6.45) is 8.24. The number of aliphatic carboxylic acids is 1. The van der Waals surface area contributed by atoms with Crippen molar-refractivity contribution in [1.29, 1.82) is 0 Å². The zero-order valence-corrected chi connectivity index (χ0v) is 41.4. The van der Waals surface area contributed by atoms with Crippen molar-refractivity contribution in [3.8, 4) is 0 Å². The molecule has 6 aliphatic heterocycles. The average Bonchev–Trinajstić information content (AvgIpc) is 4.09. The second-order valence-electron chi connectivity index (χ2n) is 18.9. The SMILES string of the molecule is C.O=C(Cc1ccc(Cl)c(Cl)c1)N1CCN(Cc2ccccc2)[C@@H]2COC[C@H](N3CCCC3)[C@H]21.O=C(O)Cc1ccc(Cl)c(Cl)c1.c1ccc(CN2CCC[C@H]3[C@H]2COC[C@@H]3N2CCCC2)cc1. The van der Waals surface area contributed by atoms with Gasteiger partial charge in [0.1, 0.15) is 0 Å². The van der Waals surface area contributed by atoms with Crippen molar-refractivity contribution in [2.45, 2.75) is 102 Å². The van der Waals surface area contributed by atoms with Gasteiger partial charge in [0, 0.05) is 38.3 Å². The number of carbonyl (C=O) groups is 2. The maximum atomic E-state index is 13.6. The Hall–Kier alpha value is -3.26. The zero-order valence-electron chi connectivity index (χ0n) is 38.4. The summed E-state index contributed by atoms with van der Waals surface area (Å²) in [5.41, 5.74) is 4.29. The van der Waals surface area contributed by atoms with Crippen LogP contribution in [0.3, 0.4) is 0 Å². The number of likely N-dealkylation sites (tertiary alicyclic amines) is 3. The molecule has 0 bridgehead atoms. The van der Waals surface area contributed by atoms with Crippen molar-refractivity contribution < 1.29 is 24.2 Å². The second kappa shape index (κ2) is 25.7. The molecule has 4 aromatic carbocycles. The van der Waals surface area contributed by atoms with Gasteiger partial charge in [0.05, 0.1) is 77.5 Å². The molecule has 68 heavy (non-hydrogen) atoms. The van der Waals surface area contributed by atoms with Gasteiger partial charge >= 0.3 is 5.97 Å². The third kappa shape index (κ3) is 13.8. The van der Waals surface area contributed by atoms with Crippen molar-refractivity contribution in [1.82, 2.24) is 24.5 Å². The minimum atomic E-state index is -0.881. The number of piperazine rings is 1. The first-order valence-corrected chi connectivity index (χ1v) is 25.7. The quantitative estimate of drug-likeness (QED) is 0.167. The van der Waals surface area contributed by atoms with E-state index in [0.29, 0.717) is 57.4 Å². The van der Waals surface area contributed by atoms with Crippen LogP contribution < -0.4 is 0 Å². The van der Waals surface area contributed by atoms with Gasteiger partial charge in [-0.3, -0.25) is 29.2 Å². The van der Waals surface area contributed by atoms with Crippen LogP contribution in [0.4, 0.5) is 0 Å². The molecule has 0 aliphatic carbocycles. The summed E-state index contributed by atoms with van der Waals surface area (Å²) in [6.45, 7) is 12.8. The van der Waals surface area contributed by atoms with E-state index in [-0.39, 0.29) is 37.9 Å². The Balaban J connectivity index is 0.000000168. The van der Waals surface area contributed by atoms with Gasteiger partial charge in [-0.25, -0.2) is 0 Å². The van der Waals surface area contributed by atoms with E-state index in [2.05, 4.69) is 85.2 Å². The largest absolute Gasteiger partial charge is 0.481 e. The van der Waals surface area contributed by atoms with Gasteiger partial charge in [-0.2, -0.15) is 0 Å². The molecule has 0 saturated carbocycles. The molecule has 368 valence electrons. The van der Waals surface area contributed by atoms with E-state index < -0.39 is 5.97 Å². The first-order valence-electron chi connectivity index (χ1n) is 24.2. The van der Waals surface area contributed by atoms with Crippen LogP contribution >= 0.6 is 46.4 Å². The van der Waals surface area contributed by atoms with Crippen LogP contribution in [0.5, 0.6) is 0 Å². The lowest BCUT2D eigenvalue weighted by atomic mass is 9.81. The summed E-state index contributed by atoms with van der Waals surface area (Å²) in [7, 11) is 0. The van der Waals surface area contributed by atoms with Gasteiger partial charge in [-0.05, 0) is 124 Å². The van der Waals surface area contributed by atoms with Gasteiger partial charge in [0.2, 0.25) is 5.91 Å². The fraction of sp³-hybridized carbons (Fsp3) is 0.519. The minimum Gasteiger partial charge on any atom is -0.481 e. The Morgan fingerprint density at radius 3 is 1.54 bits per heavy atom. The lowest BCUT2D eigenvalue weighted by Gasteiger charge is -2.54. The van der Waals surface area contributed by atoms with Crippen LogP contribution in [0.25, 0.3) is 0 Å². The van der Waals surface area contributed by atoms with Crippen molar-refractivity contribution >= 4 is 58.3 Å². The van der Waals surface area contributed by atoms with E-state index >= 15 is 0 Å². The van der Waals surface area contributed by atoms with Crippen molar-refractivity contribution in [3.05, 3.63) is 139 Å². The van der Waals surface area contributed by atoms with E-state index in [0.717, 1.165) is 64.0 Å². The standard InChI is InChI=1S/C26H31Cl2N3O2.C19H28N2O.C8H6Cl2O2.CH4/c27-21-9-8-20(14-22(21)28)15-25(32)31-13-12-30(16-19-6-2-1-3-7-19)24-18-33-17-23(26(24)31)29-10-4-5-11-29;1-2-7-16(8-3-1)13-21-12-6-9-17-18(14-22-15-19(17)21)20-10-4-5-11-20;9-6-2-1-5(3-7(6)10)4-8(11)12;/h1-3,6-9,14,23-24,26H,4-5,10-13,15-18H2;1-3,7-8,17-19H,4-6,9-15H2;1-3H,4H2,(H,11,12);1H4/t23-,24+,26+;17-,18+,19-;;/m01../s1. The highest BCUT2D eigenvalue weighted by atomic mass is 35.5. The molecule has 1 N–H and O–H groups in total. The van der Waals surface area contributed by atoms with Crippen molar-refractivity contribution in [2.24, 2.45) is 5.92 Å². The predicted octanol–water partition coefficient (Wildman–Crippen LogP) is 10.1. The summed E-state index contributed by atoms with van der Waals surface area (Å²) < 4.78 is 12.2. The number of carboxylic acids is 1. The monoisotopic (exact) mass is 1010 g/mol. The lowest BCUT2D eigenvalue weighted by molar-refractivity contribution is -0.153. The Morgan fingerprint density at radius 2 is 1.00 bits per heavy atom. The highest BCUT2D eigenvalue weighted by Crippen LogP contribution is 2.36. The summed E-state index contributed by atoms with van der Waals surface area (Å²) in [4.78, 5) is 36.5. The molecule has 6 heterocycles. The number of fused-ring (bicyclic) bond motifs is 2. The summed E-state index contributed by atoms with van der Waals surface area (Å²) >= 11 is 23.6. The first kappa shape index (κ1) is 52.6. The van der Waals surface area contributed by atoms with Crippen LogP contribution in [0.1, 0.15) is 68.2 Å². The van der Waals surface area contributed by atoms with Crippen LogP contribution in [-0.4, -0.2) is 144 Å². The number of hydrogen-bond donors (Lipinski definition) is 1. The van der Waals surface area contributed by atoms with Crippen LogP contribution in [0, 0.1) is 5.92 Å². The summed E-state index contributed by atoms with van der Waals surface area (Å²) in [5.74, 6) is 0.0894. The molecule has 10 rings (SSSR count). The number of carbonyl (C=O) groups excluding carboxylic acids is 1. The number of nitrogens with zero attached hydrogens (tertiary/aromatic N) is 5. The number of piperidine rings is 1. The molecule has 0 unspecified atom stereocenters. The zero-order chi connectivity index (χ0) is 46.7. The number of halogens is 4. The molecule has 6 saturated heterocycles. The molecular formula is C54H69Cl4N5O5. The number of ether oxygens (including phenoxy) is 2. The Morgan fingerprint density at radius 1 is 0.515 bits per heavy atom. The minimum absolute atomic E-state index is 0. The van der Waals surface area contributed by atoms with Crippen molar-refractivity contribution in [2.75, 3.05) is 72.2 Å². The Labute approximate surface area is 424 Å². The number of carboxylic acid groups (broad SMARTS) is 1. The lowest BCUT2D eigenvalue weighted by Crippen LogP contribution is -2.71. The molecular weight excluding hydrogens is 940 g/mol. The van der Waals surface area contributed by atoms with E-state index in [1.54, 1.807) is 24.3 Å². The van der Waals surface area contributed by atoms with Crippen LogP contribution in [-0.2, 0) is 45.0 Å². The Bertz CT molecular complexity index is 2210. The number of amides is 1. The number of hydrogen-bond acceptors (Lipinski definition) is 8. The smallest absolute Gasteiger partial charge is 0.307 e. The molecule has 6 fully saturated rings. The molecule has 6 atom stereocenters. The molecule has 0 aromatic heterocycles.